The first kappa shape index (κ1) is 10.1. The zero-order valence-corrected chi connectivity index (χ0v) is 9.68. The predicted molar refractivity (Wildman–Crippen MR) is 67.1 cm³/mol. The largest absolute Gasteiger partial charge is 0.298 e. The summed E-state index contributed by atoms with van der Waals surface area (Å²) in [6.07, 6.45) is 7.50. The topological polar surface area (TPSA) is 3.24 Å². The Bertz CT molecular complexity index is 368. The van der Waals surface area contributed by atoms with Gasteiger partial charge in [-0.3, -0.25) is 4.90 Å². The van der Waals surface area contributed by atoms with Crippen LogP contribution in [0, 0.1) is 11.8 Å². The highest BCUT2D eigenvalue weighted by Gasteiger charge is 2.31. The van der Waals surface area contributed by atoms with E-state index < -0.39 is 0 Å². The smallest absolute Gasteiger partial charge is 0.0234 e. The van der Waals surface area contributed by atoms with Gasteiger partial charge in [0.1, 0.15) is 0 Å². The summed E-state index contributed by atoms with van der Waals surface area (Å²) in [6.45, 7) is 3.68. The highest BCUT2D eigenvalue weighted by Crippen LogP contribution is 2.32. The summed E-state index contributed by atoms with van der Waals surface area (Å²) >= 11 is 0. The molecule has 1 nitrogen and oxygen atoms in total. The number of hydrogen-bond donors (Lipinski definition) is 0. The quantitative estimate of drug-likeness (QED) is 0.682. The van der Waals surface area contributed by atoms with Gasteiger partial charge in [0.05, 0.1) is 0 Å². The van der Waals surface area contributed by atoms with E-state index in [1.807, 2.05) is 0 Å². The fourth-order valence-electron chi connectivity index (χ4n) is 3.06. The molecule has 1 fully saturated rings. The third-order valence-corrected chi connectivity index (χ3v) is 3.90. The zero-order chi connectivity index (χ0) is 10.8. The summed E-state index contributed by atoms with van der Waals surface area (Å²) in [7, 11) is 0. The first-order chi connectivity index (χ1) is 7.92. The lowest BCUT2D eigenvalue weighted by Gasteiger charge is -2.17. The van der Waals surface area contributed by atoms with Crippen LogP contribution in [0.4, 0.5) is 0 Å². The summed E-state index contributed by atoms with van der Waals surface area (Å²) in [6, 6.07) is 10.8. The maximum Gasteiger partial charge on any atom is 0.0234 e. The van der Waals surface area contributed by atoms with Gasteiger partial charge in [-0.15, -0.1) is 0 Å². The van der Waals surface area contributed by atoms with E-state index in [1.54, 1.807) is 0 Å². The average molecular weight is 213 g/mol. The van der Waals surface area contributed by atoms with Gasteiger partial charge in [0, 0.05) is 19.6 Å². The van der Waals surface area contributed by atoms with Crippen LogP contribution < -0.4 is 0 Å². The van der Waals surface area contributed by atoms with Crippen molar-refractivity contribution in [2.45, 2.75) is 19.4 Å². The monoisotopic (exact) mass is 213 g/mol. The van der Waals surface area contributed by atoms with Gasteiger partial charge < -0.3 is 0 Å². The van der Waals surface area contributed by atoms with Gasteiger partial charge in [-0.1, -0.05) is 42.5 Å². The number of benzene rings is 1. The summed E-state index contributed by atoms with van der Waals surface area (Å²) in [4.78, 5) is 2.61. The highest BCUT2D eigenvalue weighted by atomic mass is 15.1. The maximum absolute atomic E-state index is 2.61. The molecule has 1 aromatic rings. The first-order valence-corrected chi connectivity index (χ1v) is 6.35. The van der Waals surface area contributed by atoms with Gasteiger partial charge in [0.15, 0.2) is 0 Å². The second kappa shape index (κ2) is 4.42. The lowest BCUT2D eigenvalue weighted by molar-refractivity contribution is 0.313. The van der Waals surface area contributed by atoms with E-state index in [0.29, 0.717) is 0 Å². The van der Waals surface area contributed by atoms with Crippen molar-refractivity contribution in [3.05, 3.63) is 48.0 Å². The minimum Gasteiger partial charge on any atom is -0.298 e. The van der Waals surface area contributed by atoms with Crippen LogP contribution in [0.1, 0.15) is 18.4 Å². The SMILES string of the molecule is C1=C[C@H]2CN(Cc3ccccc3)C[C@H]2CC1. The molecule has 1 aliphatic carbocycles. The second-order valence-corrected chi connectivity index (χ2v) is 5.11. The van der Waals surface area contributed by atoms with Crippen LogP contribution in [0.2, 0.25) is 0 Å². The Kier molecular flexibility index (Phi) is 2.79. The molecule has 0 unspecified atom stereocenters. The molecule has 0 saturated carbocycles. The van der Waals surface area contributed by atoms with Gasteiger partial charge in [-0.2, -0.15) is 0 Å². The van der Waals surface area contributed by atoms with Crippen LogP contribution in [-0.2, 0) is 6.54 Å². The molecule has 1 aliphatic heterocycles. The van der Waals surface area contributed by atoms with Crippen LogP contribution in [-0.4, -0.2) is 18.0 Å². The van der Waals surface area contributed by atoms with E-state index >= 15 is 0 Å². The van der Waals surface area contributed by atoms with Crippen LogP contribution in [0.5, 0.6) is 0 Å². The van der Waals surface area contributed by atoms with Gasteiger partial charge in [0.2, 0.25) is 0 Å². The second-order valence-electron chi connectivity index (χ2n) is 5.11. The van der Waals surface area contributed by atoms with Crippen molar-refractivity contribution < 1.29 is 0 Å². The molecule has 0 spiro atoms. The van der Waals surface area contributed by atoms with Gasteiger partial charge >= 0.3 is 0 Å². The molecule has 2 aliphatic rings. The normalized spacial score (nSPS) is 29.2. The zero-order valence-electron chi connectivity index (χ0n) is 9.68. The number of nitrogens with zero attached hydrogens (tertiary/aromatic N) is 1. The van der Waals surface area contributed by atoms with Crippen LogP contribution in [0.3, 0.4) is 0 Å². The van der Waals surface area contributed by atoms with Crippen molar-refractivity contribution in [1.29, 1.82) is 0 Å². The molecule has 0 amide bonds. The molecular formula is C15H19N. The molecule has 1 heteroatoms. The Morgan fingerprint density at radius 1 is 1.12 bits per heavy atom. The fraction of sp³-hybridized carbons (Fsp3) is 0.467. The Labute approximate surface area is 97.8 Å². The summed E-state index contributed by atoms with van der Waals surface area (Å²) < 4.78 is 0. The molecule has 1 heterocycles. The predicted octanol–water partition coefficient (Wildman–Crippen LogP) is 3.08. The lowest BCUT2D eigenvalue weighted by Crippen LogP contribution is -2.20. The third-order valence-electron chi connectivity index (χ3n) is 3.90. The van der Waals surface area contributed by atoms with Crippen molar-refractivity contribution >= 4 is 0 Å². The van der Waals surface area contributed by atoms with Crippen molar-refractivity contribution in [2.24, 2.45) is 11.8 Å². The summed E-state index contributed by atoms with van der Waals surface area (Å²) in [5.41, 5.74) is 1.45. The van der Waals surface area contributed by atoms with Crippen LogP contribution in [0.25, 0.3) is 0 Å². The Hall–Kier alpha value is -1.08. The van der Waals surface area contributed by atoms with Crippen molar-refractivity contribution in [3.63, 3.8) is 0 Å². The molecular weight excluding hydrogens is 194 g/mol. The number of likely N-dealkylation sites (tertiary alicyclic amines) is 1. The molecule has 16 heavy (non-hydrogen) atoms. The van der Waals surface area contributed by atoms with E-state index in [2.05, 4.69) is 47.4 Å². The Morgan fingerprint density at radius 3 is 2.81 bits per heavy atom. The highest BCUT2D eigenvalue weighted by molar-refractivity contribution is 5.15. The molecule has 1 aromatic carbocycles. The maximum atomic E-state index is 2.61. The Morgan fingerprint density at radius 2 is 2.00 bits per heavy atom. The number of rotatable bonds is 2. The molecule has 0 bridgehead atoms. The number of hydrogen-bond acceptors (Lipinski definition) is 1. The van der Waals surface area contributed by atoms with E-state index in [-0.39, 0.29) is 0 Å². The van der Waals surface area contributed by atoms with E-state index in [1.165, 1.54) is 31.5 Å². The first-order valence-electron chi connectivity index (χ1n) is 6.35. The van der Waals surface area contributed by atoms with Gasteiger partial charge in [0.25, 0.3) is 0 Å². The molecule has 1 saturated heterocycles. The van der Waals surface area contributed by atoms with E-state index in [4.69, 9.17) is 0 Å². The van der Waals surface area contributed by atoms with Gasteiger partial charge in [-0.05, 0) is 30.2 Å². The minimum absolute atomic E-state index is 0.831. The number of allylic oxidation sites excluding steroid dienone is 1. The van der Waals surface area contributed by atoms with Gasteiger partial charge in [-0.25, -0.2) is 0 Å². The summed E-state index contributed by atoms with van der Waals surface area (Å²) in [5.74, 6) is 1.76. The molecule has 0 aromatic heterocycles. The fourth-order valence-corrected chi connectivity index (χ4v) is 3.06. The summed E-state index contributed by atoms with van der Waals surface area (Å²) in [5, 5.41) is 0. The van der Waals surface area contributed by atoms with Crippen molar-refractivity contribution in [2.75, 3.05) is 13.1 Å². The molecule has 2 atom stereocenters. The molecule has 3 rings (SSSR count). The van der Waals surface area contributed by atoms with Crippen LogP contribution in [0.15, 0.2) is 42.5 Å². The van der Waals surface area contributed by atoms with E-state index in [9.17, 15) is 0 Å². The van der Waals surface area contributed by atoms with E-state index in [0.717, 1.165) is 18.4 Å². The lowest BCUT2D eigenvalue weighted by atomic mass is 9.87. The number of fused-ring (bicyclic) bond motifs is 1. The van der Waals surface area contributed by atoms with Crippen LogP contribution >= 0.6 is 0 Å². The van der Waals surface area contributed by atoms with Crippen molar-refractivity contribution in [3.8, 4) is 0 Å². The molecule has 0 N–H and O–H groups in total. The average Bonchev–Trinajstić information content (AvgIpc) is 2.72. The standard InChI is InChI=1S/C15H19N/c1-2-6-13(7-3-1)10-16-11-14-8-4-5-9-15(14)12-16/h1-4,6-8,14-15H,5,9-12H2/t14-,15+/m0/s1. The van der Waals surface area contributed by atoms with Crippen molar-refractivity contribution in [1.82, 2.24) is 4.90 Å². The Balaban J connectivity index is 1.64. The third kappa shape index (κ3) is 2.05. The molecule has 84 valence electrons. The minimum atomic E-state index is 0.831. The molecule has 0 radical (unpaired) electrons.